The summed E-state index contributed by atoms with van der Waals surface area (Å²) >= 11 is 0. The maximum Gasteiger partial charge on any atom is 0.156 e. The normalized spacial score (nSPS) is 17.3. The lowest BCUT2D eigenvalue weighted by molar-refractivity contribution is 0.0983. The molecular weight excluding hydrogens is 266 g/mol. The third kappa shape index (κ3) is 3.84. The molecular formula is C13H19NO4S. The number of benzene rings is 1. The van der Waals surface area contributed by atoms with Crippen LogP contribution in [0.1, 0.15) is 12.8 Å². The van der Waals surface area contributed by atoms with Gasteiger partial charge in [0.2, 0.25) is 0 Å². The number of sulfone groups is 1. The number of para-hydroxylation sites is 2. The average molecular weight is 285 g/mol. The van der Waals surface area contributed by atoms with Gasteiger partial charge >= 0.3 is 0 Å². The van der Waals surface area contributed by atoms with E-state index >= 15 is 0 Å². The Morgan fingerprint density at radius 2 is 1.95 bits per heavy atom. The fraction of sp³-hybridized carbons (Fsp3) is 0.538. The van der Waals surface area contributed by atoms with Crippen molar-refractivity contribution in [1.82, 2.24) is 0 Å². The first kappa shape index (κ1) is 14.1. The average Bonchev–Trinajstić information content (AvgIpc) is 2.42. The molecule has 1 saturated heterocycles. The van der Waals surface area contributed by atoms with Crippen LogP contribution in [-0.4, -0.2) is 39.2 Å². The Labute approximate surface area is 113 Å². The highest BCUT2D eigenvalue weighted by atomic mass is 32.2. The number of ether oxygens (including phenoxy) is 2. The molecule has 2 N–H and O–H groups in total. The van der Waals surface area contributed by atoms with Crippen LogP contribution < -0.4 is 10.5 Å². The highest BCUT2D eigenvalue weighted by Gasteiger charge is 2.27. The topological polar surface area (TPSA) is 78.6 Å². The SMILES string of the molecule is Nc1ccccc1OCCS(=O)(=O)C1CCOCC1. The standard InChI is InChI=1S/C13H19NO4S/c14-12-3-1-2-4-13(12)18-9-10-19(15,16)11-5-7-17-8-6-11/h1-4,11H,5-10,14H2. The van der Waals surface area contributed by atoms with Gasteiger partial charge in [0, 0.05) is 13.2 Å². The van der Waals surface area contributed by atoms with Gasteiger partial charge < -0.3 is 15.2 Å². The van der Waals surface area contributed by atoms with Crippen LogP contribution in [0.3, 0.4) is 0 Å². The van der Waals surface area contributed by atoms with Gasteiger partial charge in [-0.2, -0.15) is 0 Å². The minimum Gasteiger partial charge on any atom is -0.490 e. The maximum absolute atomic E-state index is 12.1. The van der Waals surface area contributed by atoms with E-state index < -0.39 is 9.84 Å². The van der Waals surface area contributed by atoms with Crippen LogP contribution in [0.5, 0.6) is 5.75 Å². The van der Waals surface area contributed by atoms with E-state index in [4.69, 9.17) is 15.2 Å². The first-order chi connectivity index (χ1) is 9.09. The Hall–Kier alpha value is -1.27. The molecule has 0 atom stereocenters. The molecule has 1 heterocycles. The smallest absolute Gasteiger partial charge is 0.156 e. The van der Waals surface area contributed by atoms with Crippen molar-refractivity contribution >= 4 is 15.5 Å². The second-order valence-corrected chi connectivity index (χ2v) is 6.97. The van der Waals surface area contributed by atoms with Gasteiger partial charge in [0.15, 0.2) is 9.84 Å². The molecule has 0 unspecified atom stereocenters. The van der Waals surface area contributed by atoms with E-state index in [1.807, 2.05) is 0 Å². The van der Waals surface area contributed by atoms with Crippen LogP contribution in [0.4, 0.5) is 5.69 Å². The number of hydrogen-bond donors (Lipinski definition) is 1. The zero-order valence-electron chi connectivity index (χ0n) is 10.7. The van der Waals surface area contributed by atoms with Crippen molar-refractivity contribution in [2.45, 2.75) is 18.1 Å². The minimum absolute atomic E-state index is 0.0198. The molecule has 0 bridgehead atoms. The second kappa shape index (κ2) is 6.25. The fourth-order valence-electron chi connectivity index (χ4n) is 2.08. The second-order valence-electron chi connectivity index (χ2n) is 4.57. The van der Waals surface area contributed by atoms with E-state index in [9.17, 15) is 8.42 Å². The highest BCUT2D eigenvalue weighted by molar-refractivity contribution is 7.92. The van der Waals surface area contributed by atoms with Gasteiger partial charge in [-0.05, 0) is 25.0 Å². The Kier molecular flexibility index (Phi) is 4.66. The Bertz CT molecular complexity index is 509. The lowest BCUT2D eigenvalue weighted by atomic mass is 10.2. The number of nitrogen functional groups attached to an aromatic ring is 1. The van der Waals surface area contributed by atoms with Gasteiger partial charge in [0.1, 0.15) is 12.4 Å². The molecule has 1 aromatic carbocycles. The number of hydrogen-bond acceptors (Lipinski definition) is 5. The molecule has 0 saturated carbocycles. The van der Waals surface area contributed by atoms with Crippen LogP contribution in [0.2, 0.25) is 0 Å². The molecule has 0 spiro atoms. The predicted molar refractivity (Wildman–Crippen MR) is 74.0 cm³/mol. The molecule has 6 heteroatoms. The molecule has 2 rings (SSSR count). The van der Waals surface area contributed by atoms with Gasteiger partial charge in [0.05, 0.1) is 16.7 Å². The van der Waals surface area contributed by atoms with Gasteiger partial charge in [-0.15, -0.1) is 0 Å². The van der Waals surface area contributed by atoms with Crippen LogP contribution in [0, 0.1) is 0 Å². The molecule has 19 heavy (non-hydrogen) atoms. The van der Waals surface area contributed by atoms with E-state index in [1.165, 1.54) is 0 Å². The summed E-state index contributed by atoms with van der Waals surface area (Å²) in [5, 5.41) is -0.294. The van der Waals surface area contributed by atoms with E-state index in [1.54, 1.807) is 24.3 Å². The van der Waals surface area contributed by atoms with Crippen molar-refractivity contribution in [3.63, 3.8) is 0 Å². The molecule has 106 valence electrons. The maximum atomic E-state index is 12.1. The zero-order valence-corrected chi connectivity index (χ0v) is 11.6. The van der Waals surface area contributed by atoms with Gasteiger partial charge in [-0.3, -0.25) is 0 Å². The summed E-state index contributed by atoms with van der Waals surface area (Å²) in [7, 11) is -3.11. The van der Waals surface area contributed by atoms with Crippen molar-refractivity contribution in [1.29, 1.82) is 0 Å². The molecule has 5 nitrogen and oxygen atoms in total. The third-order valence-corrected chi connectivity index (χ3v) is 5.44. The number of nitrogens with two attached hydrogens (primary N) is 1. The van der Waals surface area contributed by atoms with E-state index in [0.29, 0.717) is 37.5 Å². The van der Waals surface area contributed by atoms with E-state index in [0.717, 1.165) is 0 Å². The monoisotopic (exact) mass is 285 g/mol. The quantitative estimate of drug-likeness (QED) is 0.823. The molecule has 0 aromatic heterocycles. The van der Waals surface area contributed by atoms with Gasteiger partial charge in [0.25, 0.3) is 0 Å². The zero-order chi connectivity index (χ0) is 13.7. The third-order valence-electron chi connectivity index (χ3n) is 3.22. The molecule has 1 aliphatic heterocycles. The number of rotatable bonds is 5. The van der Waals surface area contributed by atoms with Crippen molar-refractivity contribution in [2.24, 2.45) is 0 Å². The van der Waals surface area contributed by atoms with E-state index in [2.05, 4.69) is 0 Å². The van der Waals surface area contributed by atoms with Crippen LogP contribution in [0.15, 0.2) is 24.3 Å². The molecule has 1 aliphatic rings. The first-order valence-corrected chi connectivity index (χ1v) is 8.08. The fourth-order valence-corrected chi connectivity index (χ4v) is 3.64. The van der Waals surface area contributed by atoms with Crippen LogP contribution in [-0.2, 0) is 14.6 Å². The highest BCUT2D eigenvalue weighted by Crippen LogP contribution is 2.21. The van der Waals surface area contributed by atoms with Crippen LogP contribution in [0.25, 0.3) is 0 Å². The van der Waals surface area contributed by atoms with Crippen molar-refractivity contribution < 1.29 is 17.9 Å². The summed E-state index contributed by atoms with van der Waals surface area (Å²) in [5.74, 6) is 0.552. The molecule has 1 aromatic rings. The summed E-state index contributed by atoms with van der Waals surface area (Å²) in [4.78, 5) is 0. The van der Waals surface area contributed by atoms with Crippen LogP contribution >= 0.6 is 0 Å². The Morgan fingerprint density at radius 3 is 2.63 bits per heavy atom. The first-order valence-electron chi connectivity index (χ1n) is 6.36. The molecule has 0 radical (unpaired) electrons. The molecule has 0 amide bonds. The largest absolute Gasteiger partial charge is 0.490 e. The van der Waals surface area contributed by atoms with Gasteiger partial charge in [-0.1, -0.05) is 12.1 Å². The summed E-state index contributed by atoms with van der Waals surface area (Å²) in [6, 6.07) is 7.07. The van der Waals surface area contributed by atoms with Crippen molar-refractivity contribution in [2.75, 3.05) is 31.3 Å². The van der Waals surface area contributed by atoms with Crippen molar-refractivity contribution in [3.05, 3.63) is 24.3 Å². The van der Waals surface area contributed by atoms with Crippen molar-refractivity contribution in [3.8, 4) is 5.75 Å². The predicted octanol–water partition coefficient (Wildman–Crippen LogP) is 1.24. The molecule has 1 fully saturated rings. The Balaban J connectivity index is 1.86. The summed E-state index contributed by atoms with van der Waals surface area (Å²) < 4.78 is 34.8. The summed E-state index contributed by atoms with van der Waals surface area (Å²) in [6.45, 7) is 1.18. The minimum atomic E-state index is -3.11. The van der Waals surface area contributed by atoms with Gasteiger partial charge in [-0.25, -0.2) is 8.42 Å². The lowest BCUT2D eigenvalue weighted by Crippen LogP contribution is -2.32. The van der Waals surface area contributed by atoms with E-state index in [-0.39, 0.29) is 17.6 Å². The summed E-state index contributed by atoms with van der Waals surface area (Å²) in [6.07, 6.45) is 1.16. The Morgan fingerprint density at radius 1 is 1.26 bits per heavy atom. The number of anilines is 1. The lowest BCUT2D eigenvalue weighted by Gasteiger charge is -2.22. The summed E-state index contributed by atoms with van der Waals surface area (Å²) in [5.41, 5.74) is 6.24. The molecule has 0 aliphatic carbocycles.